The molecule has 1 heterocycles. The minimum absolute atomic E-state index is 0.0263. The van der Waals surface area contributed by atoms with Gasteiger partial charge in [0.15, 0.2) is 0 Å². The molecule has 0 saturated carbocycles. The molecule has 0 unspecified atom stereocenters. The number of thiol groups is 1. The van der Waals surface area contributed by atoms with Crippen molar-refractivity contribution < 1.29 is 18.7 Å². The zero-order valence-corrected chi connectivity index (χ0v) is 21.4. The van der Waals surface area contributed by atoms with Gasteiger partial charge >= 0.3 is 0 Å². The second kappa shape index (κ2) is 10.4. The van der Waals surface area contributed by atoms with Gasteiger partial charge in [0.1, 0.15) is 0 Å². The molecule has 0 atom stereocenters. The van der Waals surface area contributed by atoms with Crippen molar-refractivity contribution in [2.75, 3.05) is 23.0 Å². The minimum atomic E-state index is -0.420. The summed E-state index contributed by atoms with van der Waals surface area (Å²) in [5.74, 6) is -0.754. The van der Waals surface area contributed by atoms with Crippen molar-refractivity contribution in [2.45, 2.75) is 26.2 Å². The molecule has 0 aliphatic rings. The van der Waals surface area contributed by atoms with Gasteiger partial charge in [0, 0.05) is 35.9 Å². The van der Waals surface area contributed by atoms with Gasteiger partial charge in [0.25, 0.3) is 11.8 Å². The Bertz CT molecular complexity index is 1390. The molecular formula is C27H28N4O4S. The molecule has 9 heteroatoms. The molecule has 3 aromatic carbocycles. The third kappa shape index (κ3) is 5.54. The molecule has 0 saturated heterocycles. The van der Waals surface area contributed by atoms with Gasteiger partial charge in [-0.2, -0.15) is 4.28 Å². The maximum atomic E-state index is 13.3. The van der Waals surface area contributed by atoms with Crippen LogP contribution in [0.3, 0.4) is 0 Å². The number of nitrogens with one attached hydrogen (secondary N) is 3. The summed E-state index contributed by atoms with van der Waals surface area (Å²) in [5.41, 5.74) is 4.02. The zero-order valence-electron chi connectivity index (χ0n) is 20.5. The van der Waals surface area contributed by atoms with Crippen LogP contribution in [-0.4, -0.2) is 23.9 Å². The van der Waals surface area contributed by atoms with Gasteiger partial charge in [-0.3, -0.25) is 14.4 Å². The number of amides is 2. The van der Waals surface area contributed by atoms with Crippen LogP contribution in [0.1, 0.15) is 47.1 Å². The quantitative estimate of drug-likeness (QED) is 0.138. The van der Waals surface area contributed by atoms with Crippen LogP contribution in [0.15, 0.2) is 72.9 Å². The number of carbonyl (C=O) groups excluding carboxylic acids is 2. The summed E-state index contributed by atoms with van der Waals surface area (Å²) in [6.07, 6.45) is 1.83. The van der Waals surface area contributed by atoms with E-state index in [0.29, 0.717) is 22.6 Å². The first-order chi connectivity index (χ1) is 17.2. The molecule has 1 aromatic heterocycles. The second-order valence-electron chi connectivity index (χ2n) is 9.27. The molecular weight excluding hydrogens is 476 g/mol. The summed E-state index contributed by atoms with van der Waals surface area (Å²) < 4.78 is 4.89. The third-order valence-electron chi connectivity index (χ3n) is 5.77. The number of aromatic amines is 1. The fourth-order valence-electron chi connectivity index (χ4n) is 3.77. The number of anilines is 3. The largest absolute Gasteiger partial charge is 0.361 e. The molecule has 0 radical (unpaired) electrons. The number of hydrogen-bond donors (Lipinski definition) is 4. The molecule has 186 valence electrons. The standard InChI is InChI=1S/C27H28N4O4S/c1-27(2,3)19-8-5-18(6-9-19)25(32)30-23-12-11-21(31(34-4)35-36)16-22(23)26(33)29-20-10-7-17-13-14-28-24(17)15-20/h5-16,28,36H,1-4H3,(H,29,33)(H,30,32). The van der Waals surface area contributed by atoms with E-state index in [2.05, 4.69) is 49.3 Å². The first kappa shape index (κ1) is 25.3. The average molecular weight is 505 g/mol. The molecule has 4 aromatic rings. The summed E-state index contributed by atoms with van der Waals surface area (Å²) in [6.45, 7) is 6.33. The molecule has 0 fully saturated rings. The lowest BCUT2D eigenvalue weighted by molar-refractivity contribution is 0.0252. The summed E-state index contributed by atoms with van der Waals surface area (Å²) in [5, 5.41) is 7.80. The highest BCUT2D eigenvalue weighted by atomic mass is 32.1. The maximum Gasteiger partial charge on any atom is 0.257 e. The number of H-pyrrole nitrogens is 1. The van der Waals surface area contributed by atoms with E-state index in [0.717, 1.165) is 21.7 Å². The van der Waals surface area contributed by atoms with Crippen molar-refractivity contribution in [1.82, 2.24) is 4.98 Å². The number of benzene rings is 3. The lowest BCUT2D eigenvalue weighted by atomic mass is 9.86. The first-order valence-corrected chi connectivity index (χ1v) is 11.7. The van der Waals surface area contributed by atoms with Gasteiger partial charge in [-0.05, 0) is 64.9 Å². The maximum absolute atomic E-state index is 13.3. The van der Waals surface area contributed by atoms with E-state index in [9.17, 15) is 9.59 Å². The van der Waals surface area contributed by atoms with Crippen molar-refractivity contribution in [1.29, 1.82) is 0 Å². The number of hydrogen-bond acceptors (Lipinski definition) is 6. The normalized spacial score (nSPS) is 11.4. The number of fused-ring (bicyclic) bond motifs is 1. The second-order valence-corrected chi connectivity index (χ2v) is 9.43. The summed E-state index contributed by atoms with van der Waals surface area (Å²) in [7, 11) is 1.40. The van der Waals surface area contributed by atoms with Crippen LogP contribution < -0.4 is 15.9 Å². The van der Waals surface area contributed by atoms with E-state index < -0.39 is 5.91 Å². The van der Waals surface area contributed by atoms with Crippen LogP contribution in [0.4, 0.5) is 17.1 Å². The molecule has 0 spiro atoms. The van der Waals surface area contributed by atoms with Gasteiger partial charge in [-0.25, -0.2) is 0 Å². The van der Waals surface area contributed by atoms with Gasteiger partial charge in [0.05, 0.1) is 24.0 Å². The Hall–Kier alpha value is -3.79. The predicted octanol–water partition coefficient (Wildman–Crippen LogP) is 6.11. The van der Waals surface area contributed by atoms with E-state index in [1.807, 2.05) is 42.6 Å². The number of nitrogens with zero attached hydrogens (tertiary/aromatic N) is 1. The molecule has 4 rings (SSSR count). The Morgan fingerprint density at radius 1 is 0.917 bits per heavy atom. The van der Waals surface area contributed by atoms with Crippen molar-refractivity contribution >= 4 is 52.7 Å². The van der Waals surface area contributed by atoms with Crippen molar-refractivity contribution in [3.05, 3.63) is 89.6 Å². The minimum Gasteiger partial charge on any atom is -0.361 e. The van der Waals surface area contributed by atoms with E-state index in [1.54, 1.807) is 30.3 Å². The Morgan fingerprint density at radius 3 is 2.33 bits per heavy atom. The smallest absolute Gasteiger partial charge is 0.257 e. The monoisotopic (exact) mass is 504 g/mol. The van der Waals surface area contributed by atoms with Gasteiger partial charge in [-0.15, -0.1) is 5.23 Å². The SMILES string of the molecule is CON(OS)c1ccc(NC(=O)c2ccc(C(C)(C)C)cc2)c(C(=O)Nc2ccc3cc[nH]c3c2)c1. The molecule has 2 amide bonds. The van der Waals surface area contributed by atoms with Crippen LogP contribution in [-0.2, 0) is 14.5 Å². The Morgan fingerprint density at radius 2 is 1.67 bits per heavy atom. The lowest BCUT2D eigenvalue weighted by Gasteiger charge is -2.20. The zero-order chi connectivity index (χ0) is 25.9. The van der Waals surface area contributed by atoms with Gasteiger partial charge in [-0.1, -0.05) is 39.0 Å². The molecule has 36 heavy (non-hydrogen) atoms. The fourth-order valence-corrected chi connectivity index (χ4v) is 3.93. The van der Waals surface area contributed by atoms with E-state index >= 15 is 0 Å². The molecule has 0 bridgehead atoms. The fraction of sp³-hybridized carbons (Fsp3) is 0.185. The average Bonchev–Trinajstić information content (AvgIpc) is 3.33. The van der Waals surface area contributed by atoms with Crippen molar-refractivity contribution in [3.8, 4) is 0 Å². The van der Waals surface area contributed by atoms with Crippen molar-refractivity contribution in [3.63, 3.8) is 0 Å². The summed E-state index contributed by atoms with van der Waals surface area (Å²) in [6, 6.07) is 19.7. The number of carbonyl (C=O) groups is 2. The topological polar surface area (TPSA) is 95.7 Å². The van der Waals surface area contributed by atoms with E-state index in [1.165, 1.54) is 7.11 Å². The number of rotatable bonds is 7. The van der Waals surface area contributed by atoms with Crippen LogP contribution in [0.2, 0.25) is 0 Å². The highest BCUT2D eigenvalue weighted by Gasteiger charge is 2.19. The summed E-state index contributed by atoms with van der Waals surface area (Å²) in [4.78, 5) is 34.6. The highest BCUT2D eigenvalue weighted by molar-refractivity contribution is 7.75. The van der Waals surface area contributed by atoms with Gasteiger partial charge in [0.2, 0.25) is 0 Å². The predicted molar refractivity (Wildman–Crippen MR) is 145 cm³/mol. The molecule has 0 aliphatic heterocycles. The van der Waals surface area contributed by atoms with E-state index in [4.69, 9.17) is 9.12 Å². The van der Waals surface area contributed by atoms with Crippen LogP contribution >= 0.6 is 12.9 Å². The number of aromatic nitrogens is 1. The Kier molecular flexibility index (Phi) is 7.35. The molecule has 0 aliphatic carbocycles. The van der Waals surface area contributed by atoms with Crippen molar-refractivity contribution in [2.24, 2.45) is 0 Å². The van der Waals surface area contributed by atoms with Crippen LogP contribution in [0.25, 0.3) is 10.9 Å². The summed E-state index contributed by atoms with van der Waals surface area (Å²) >= 11 is 3.79. The van der Waals surface area contributed by atoms with Gasteiger partial charge < -0.3 is 15.6 Å². The molecule has 3 N–H and O–H groups in total. The molecule has 8 nitrogen and oxygen atoms in total. The highest BCUT2D eigenvalue weighted by Crippen LogP contribution is 2.27. The van der Waals surface area contributed by atoms with E-state index in [-0.39, 0.29) is 16.9 Å². The first-order valence-electron chi connectivity index (χ1n) is 11.3. The Labute approximate surface area is 215 Å². The van der Waals surface area contributed by atoms with Crippen LogP contribution in [0, 0.1) is 0 Å². The van der Waals surface area contributed by atoms with Crippen LogP contribution in [0.5, 0.6) is 0 Å². The lowest BCUT2D eigenvalue weighted by Crippen LogP contribution is -2.21. The Balaban J connectivity index is 1.63. The third-order valence-corrected chi connectivity index (χ3v) is 5.92.